The van der Waals surface area contributed by atoms with E-state index in [9.17, 15) is 18.4 Å². The van der Waals surface area contributed by atoms with E-state index in [-0.39, 0.29) is 18.0 Å². The van der Waals surface area contributed by atoms with Crippen LogP contribution in [-0.2, 0) is 4.79 Å². The molecule has 0 radical (unpaired) electrons. The summed E-state index contributed by atoms with van der Waals surface area (Å²) in [6, 6.07) is 1.50. The molecule has 0 heterocycles. The van der Waals surface area contributed by atoms with Gasteiger partial charge >= 0.3 is 12.0 Å². The number of urea groups is 1. The summed E-state index contributed by atoms with van der Waals surface area (Å²) in [4.78, 5) is 23.9. The third kappa shape index (κ3) is 3.90. The quantitative estimate of drug-likeness (QED) is 0.878. The van der Waals surface area contributed by atoms with Crippen LogP contribution in [0.4, 0.5) is 19.3 Å². The van der Waals surface area contributed by atoms with E-state index < -0.39 is 35.9 Å². The molecule has 1 aromatic carbocycles. The van der Waals surface area contributed by atoms with Gasteiger partial charge in [-0.25, -0.2) is 13.6 Å². The minimum Gasteiger partial charge on any atom is -0.480 e. The van der Waals surface area contributed by atoms with Crippen molar-refractivity contribution in [2.45, 2.75) is 19.8 Å². The van der Waals surface area contributed by atoms with Gasteiger partial charge in [-0.15, -0.1) is 0 Å². The van der Waals surface area contributed by atoms with E-state index in [1.807, 2.05) is 0 Å². The Morgan fingerprint density at radius 3 is 2.62 bits per heavy atom. The van der Waals surface area contributed by atoms with Crippen LogP contribution in [0.15, 0.2) is 12.1 Å². The average Bonchev–Trinajstić information content (AvgIpc) is 3.21. The third-order valence-electron chi connectivity index (χ3n) is 3.30. The van der Waals surface area contributed by atoms with Gasteiger partial charge in [0.15, 0.2) is 5.82 Å². The number of benzene rings is 1. The SMILES string of the molecule is Cc1ccc(F)c(NC(=O)N(CC(=O)O)CC2CC2)c1F. The van der Waals surface area contributed by atoms with Crippen LogP contribution in [0.25, 0.3) is 0 Å². The fraction of sp³-hybridized carbons (Fsp3) is 0.429. The number of rotatable bonds is 5. The summed E-state index contributed by atoms with van der Waals surface area (Å²) < 4.78 is 27.4. The molecule has 0 spiro atoms. The topological polar surface area (TPSA) is 69.6 Å². The standard InChI is InChI=1S/C14H16F2N2O3/c1-8-2-5-10(15)13(12(8)16)17-14(21)18(7-11(19)20)6-9-3-4-9/h2,5,9H,3-4,6-7H2,1H3,(H,17,21)(H,19,20). The van der Waals surface area contributed by atoms with Gasteiger partial charge in [0.1, 0.15) is 18.0 Å². The second kappa shape index (κ2) is 6.07. The molecule has 2 amide bonds. The first-order chi connectivity index (χ1) is 9.88. The largest absolute Gasteiger partial charge is 0.480 e. The molecule has 114 valence electrons. The van der Waals surface area contributed by atoms with Crippen molar-refractivity contribution in [2.24, 2.45) is 5.92 Å². The molecule has 2 N–H and O–H groups in total. The van der Waals surface area contributed by atoms with E-state index in [0.717, 1.165) is 23.8 Å². The molecule has 0 saturated heterocycles. The number of aliphatic carboxylic acids is 1. The molecule has 5 nitrogen and oxygen atoms in total. The van der Waals surface area contributed by atoms with Gasteiger partial charge in [-0.1, -0.05) is 6.07 Å². The van der Waals surface area contributed by atoms with Gasteiger partial charge in [-0.3, -0.25) is 4.79 Å². The molecule has 0 aliphatic heterocycles. The van der Waals surface area contributed by atoms with Crippen LogP contribution in [0.1, 0.15) is 18.4 Å². The Morgan fingerprint density at radius 2 is 2.05 bits per heavy atom. The molecule has 0 aromatic heterocycles. The van der Waals surface area contributed by atoms with Crippen molar-refractivity contribution in [3.8, 4) is 0 Å². The fourth-order valence-corrected chi connectivity index (χ4v) is 1.95. The van der Waals surface area contributed by atoms with Crippen LogP contribution in [-0.4, -0.2) is 35.1 Å². The molecule has 1 aliphatic carbocycles. The van der Waals surface area contributed by atoms with Gasteiger partial charge in [0.05, 0.1) is 0 Å². The van der Waals surface area contributed by atoms with Crippen LogP contribution in [0.2, 0.25) is 0 Å². The molecule has 0 bridgehead atoms. The van der Waals surface area contributed by atoms with Crippen LogP contribution in [0.3, 0.4) is 0 Å². The second-order valence-corrected chi connectivity index (χ2v) is 5.20. The molecule has 7 heteroatoms. The number of nitrogens with zero attached hydrogens (tertiary/aromatic N) is 1. The summed E-state index contributed by atoms with van der Waals surface area (Å²) >= 11 is 0. The highest BCUT2D eigenvalue weighted by molar-refractivity contribution is 5.91. The van der Waals surface area contributed by atoms with Crippen molar-refractivity contribution in [1.29, 1.82) is 0 Å². The van der Waals surface area contributed by atoms with Crippen molar-refractivity contribution in [1.82, 2.24) is 4.90 Å². The first kappa shape index (κ1) is 15.2. The van der Waals surface area contributed by atoms with Crippen LogP contribution in [0, 0.1) is 24.5 Å². The van der Waals surface area contributed by atoms with Gasteiger partial charge in [0.2, 0.25) is 0 Å². The highest BCUT2D eigenvalue weighted by Gasteiger charge is 2.28. The number of carbonyl (C=O) groups excluding carboxylic acids is 1. The van der Waals surface area contributed by atoms with E-state index in [1.54, 1.807) is 0 Å². The number of amides is 2. The van der Waals surface area contributed by atoms with Crippen molar-refractivity contribution >= 4 is 17.7 Å². The monoisotopic (exact) mass is 298 g/mol. The summed E-state index contributed by atoms with van der Waals surface area (Å²) in [6.07, 6.45) is 1.85. The van der Waals surface area contributed by atoms with Crippen molar-refractivity contribution in [2.75, 3.05) is 18.4 Å². The highest BCUT2D eigenvalue weighted by atomic mass is 19.1. The Morgan fingerprint density at radius 1 is 1.38 bits per heavy atom. The number of nitrogens with one attached hydrogen (secondary N) is 1. The smallest absolute Gasteiger partial charge is 0.323 e. The first-order valence-corrected chi connectivity index (χ1v) is 6.60. The normalized spacial score (nSPS) is 13.9. The maximum atomic E-state index is 13.8. The number of carboxylic acids is 1. The number of anilines is 1. The number of hydrogen-bond donors (Lipinski definition) is 2. The van der Waals surface area contributed by atoms with Gasteiger partial charge in [0, 0.05) is 6.54 Å². The molecule has 1 fully saturated rings. The summed E-state index contributed by atoms with van der Waals surface area (Å²) in [5, 5.41) is 10.9. The highest BCUT2D eigenvalue weighted by Crippen LogP contribution is 2.30. The molecule has 0 atom stereocenters. The molecule has 2 rings (SSSR count). The van der Waals surface area contributed by atoms with Gasteiger partial charge in [-0.05, 0) is 37.3 Å². The minimum absolute atomic E-state index is 0.193. The zero-order valence-electron chi connectivity index (χ0n) is 11.5. The summed E-state index contributed by atoms with van der Waals surface area (Å²) in [5.74, 6) is -2.66. The van der Waals surface area contributed by atoms with Crippen LogP contribution in [0.5, 0.6) is 0 Å². The predicted molar refractivity (Wildman–Crippen MR) is 72.0 cm³/mol. The lowest BCUT2D eigenvalue weighted by Crippen LogP contribution is -2.40. The van der Waals surface area contributed by atoms with Crippen molar-refractivity contribution < 1.29 is 23.5 Å². The number of carboxylic acid groups (broad SMARTS) is 1. The van der Waals surface area contributed by atoms with E-state index in [0.29, 0.717) is 0 Å². The van der Waals surface area contributed by atoms with E-state index in [1.165, 1.54) is 13.0 Å². The van der Waals surface area contributed by atoms with E-state index in [2.05, 4.69) is 5.32 Å². The lowest BCUT2D eigenvalue weighted by Gasteiger charge is -2.21. The van der Waals surface area contributed by atoms with E-state index in [4.69, 9.17) is 5.11 Å². The maximum Gasteiger partial charge on any atom is 0.323 e. The number of hydrogen-bond acceptors (Lipinski definition) is 2. The number of aryl methyl sites for hydroxylation is 1. The van der Waals surface area contributed by atoms with Crippen molar-refractivity contribution in [3.05, 3.63) is 29.3 Å². The zero-order valence-corrected chi connectivity index (χ0v) is 11.5. The Labute approximate surface area is 120 Å². The summed E-state index contributed by atoms with van der Waals surface area (Å²) in [6.45, 7) is 1.22. The fourth-order valence-electron chi connectivity index (χ4n) is 1.95. The Kier molecular flexibility index (Phi) is 4.40. The lowest BCUT2D eigenvalue weighted by atomic mass is 10.2. The molecule has 0 unspecified atom stereocenters. The van der Waals surface area contributed by atoms with Gasteiger partial charge in [0.25, 0.3) is 0 Å². The molecule has 1 saturated carbocycles. The summed E-state index contributed by atoms with van der Waals surface area (Å²) in [7, 11) is 0. The molecule has 1 aliphatic rings. The maximum absolute atomic E-state index is 13.8. The third-order valence-corrected chi connectivity index (χ3v) is 3.30. The zero-order chi connectivity index (χ0) is 15.6. The van der Waals surface area contributed by atoms with Crippen LogP contribution < -0.4 is 5.32 Å². The number of halogens is 2. The number of carbonyl (C=O) groups is 2. The van der Waals surface area contributed by atoms with Gasteiger partial charge in [-0.2, -0.15) is 0 Å². The molecule has 21 heavy (non-hydrogen) atoms. The Bertz CT molecular complexity index is 574. The Hall–Kier alpha value is -2.18. The molecular weight excluding hydrogens is 282 g/mol. The summed E-state index contributed by atoms with van der Waals surface area (Å²) in [5.41, 5.74) is -0.357. The second-order valence-electron chi connectivity index (χ2n) is 5.20. The molecular formula is C14H16F2N2O3. The molecule has 1 aromatic rings. The van der Waals surface area contributed by atoms with Crippen LogP contribution >= 0.6 is 0 Å². The van der Waals surface area contributed by atoms with Gasteiger partial charge < -0.3 is 15.3 Å². The first-order valence-electron chi connectivity index (χ1n) is 6.60. The lowest BCUT2D eigenvalue weighted by molar-refractivity contribution is -0.137. The Balaban J connectivity index is 2.14. The van der Waals surface area contributed by atoms with E-state index >= 15 is 0 Å². The van der Waals surface area contributed by atoms with Crippen molar-refractivity contribution in [3.63, 3.8) is 0 Å². The predicted octanol–water partition coefficient (Wildman–Crippen LogP) is 2.60. The average molecular weight is 298 g/mol. The minimum atomic E-state index is -1.17.